The van der Waals surface area contributed by atoms with Crippen molar-refractivity contribution in [2.24, 2.45) is 5.92 Å². The van der Waals surface area contributed by atoms with Gasteiger partial charge in [-0.2, -0.15) is 0 Å². The first-order valence-electron chi connectivity index (χ1n) is 7.63. The highest BCUT2D eigenvalue weighted by Crippen LogP contribution is 2.32. The van der Waals surface area contributed by atoms with Gasteiger partial charge in [-0.25, -0.2) is 13.2 Å². The molecule has 8 nitrogen and oxygen atoms in total. The summed E-state index contributed by atoms with van der Waals surface area (Å²) in [6.07, 6.45) is 2.90. The molecule has 3 rings (SSSR count). The summed E-state index contributed by atoms with van der Waals surface area (Å²) in [6, 6.07) is 2.64. The topological polar surface area (TPSA) is 126 Å². The van der Waals surface area contributed by atoms with Crippen molar-refractivity contribution in [2.45, 2.75) is 31.1 Å². The Morgan fingerprint density at radius 2 is 2.12 bits per heavy atom. The Balaban J connectivity index is 1.72. The summed E-state index contributed by atoms with van der Waals surface area (Å²) < 4.78 is 29.1. The van der Waals surface area contributed by atoms with Gasteiger partial charge in [0.2, 0.25) is 5.76 Å². The van der Waals surface area contributed by atoms with E-state index in [0.29, 0.717) is 10.8 Å². The minimum atomic E-state index is -4.20. The largest absolute Gasteiger partial charge is 0.475 e. The minimum Gasteiger partial charge on any atom is -0.475 e. The summed E-state index contributed by atoms with van der Waals surface area (Å²) in [7, 11) is -4.20. The van der Waals surface area contributed by atoms with Gasteiger partial charge in [-0.1, -0.05) is 6.92 Å². The number of sulfonamides is 1. The molecule has 0 spiro atoms. The maximum Gasteiger partial charge on any atom is 0.371 e. The molecule has 0 fully saturated rings. The second-order valence-electron chi connectivity index (χ2n) is 6.02. The molecule has 140 valence electrons. The zero-order chi connectivity index (χ0) is 19.1. The van der Waals surface area contributed by atoms with Gasteiger partial charge in [-0.3, -0.25) is 10.2 Å². The van der Waals surface area contributed by atoms with Gasteiger partial charge in [-0.15, -0.1) is 16.2 Å². The number of carbonyl (C=O) groups is 2. The van der Waals surface area contributed by atoms with Crippen molar-refractivity contribution in [1.29, 1.82) is 0 Å². The van der Waals surface area contributed by atoms with Crippen molar-refractivity contribution in [1.82, 2.24) is 10.3 Å². The molecule has 0 unspecified atom stereocenters. The van der Waals surface area contributed by atoms with Crippen molar-refractivity contribution in [3.05, 3.63) is 37.9 Å². The molecule has 0 saturated carbocycles. The summed E-state index contributed by atoms with van der Waals surface area (Å²) >= 11 is 4.21. The van der Waals surface area contributed by atoms with Gasteiger partial charge in [0.15, 0.2) is 4.67 Å². The van der Waals surface area contributed by atoms with Gasteiger partial charge in [-0.05, 0) is 52.7 Å². The molecular formula is C15H15BrN2O6S2. The van der Waals surface area contributed by atoms with Crippen LogP contribution >= 0.6 is 27.3 Å². The van der Waals surface area contributed by atoms with E-state index in [4.69, 9.17) is 9.52 Å². The first kappa shape index (κ1) is 19.1. The van der Waals surface area contributed by atoms with Crippen molar-refractivity contribution in [3.8, 4) is 0 Å². The molecule has 2 aromatic heterocycles. The van der Waals surface area contributed by atoms with Crippen LogP contribution in [-0.4, -0.2) is 25.4 Å². The van der Waals surface area contributed by atoms with Crippen molar-refractivity contribution in [3.63, 3.8) is 0 Å². The molecule has 1 amide bonds. The van der Waals surface area contributed by atoms with E-state index in [1.165, 1.54) is 11.3 Å². The number of carboxylic acids is 1. The number of amides is 1. The van der Waals surface area contributed by atoms with Crippen molar-refractivity contribution >= 4 is 49.2 Å². The number of furan rings is 1. The van der Waals surface area contributed by atoms with Crippen LogP contribution in [0.4, 0.5) is 0 Å². The third-order valence-corrected chi connectivity index (χ3v) is 7.35. The molecule has 26 heavy (non-hydrogen) atoms. The van der Waals surface area contributed by atoms with Crippen LogP contribution in [-0.2, 0) is 22.9 Å². The van der Waals surface area contributed by atoms with Gasteiger partial charge >= 0.3 is 5.97 Å². The summed E-state index contributed by atoms with van der Waals surface area (Å²) in [6.45, 7) is 2.16. The SMILES string of the molecule is C[C@@H]1CCc2sc(C(=O)NNS(=O)(=O)c3cc(C(=O)O)oc3Br)cc2C1. The molecule has 0 aliphatic heterocycles. The van der Waals surface area contributed by atoms with E-state index in [1.807, 2.05) is 4.83 Å². The average molecular weight is 463 g/mol. The molecule has 11 heteroatoms. The Morgan fingerprint density at radius 1 is 1.38 bits per heavy atom. The maximum atomic E-state index is 12.3. The van der Waals surface area contributed by atoms with Gasteiger partial charge in [0.25, 0.3) is 15.9 Å². The van der Waals surface area contributed by atoms with Crippen LogP contribution in [0.1, 0.15) is 44.0 Å². The first-order chi connectivity index (χ1) is 12.2. The summed E-state index contributed by atoms with van der Waals surface area (Å²) in [5.41, 5.74) is 3.28. The zero-order valence-electron chi connectivity index (χ0n) is 13.5. The molecule has 2 aromatic rings. The molecule has 1 aliphatic carbocycles. The van der Waals surface area contributed by atoms with E-state index in [2.05, 4.69) is 28.3 Å². The quantitative estimate of drug-likeness (QED) is 0.586. The lowest BCUT2D eigenvalue weighted by Crippen LogP contribution is -2.41. The smallest absolute Gasteiger partial charge is 0.371 e. The second kappa shape index (κ2) is 7.14. The number of nitrogens with one attached hydrogen (secondary N) is 2. The summed E-state index contributed by atoms with van der Waals surface area (Å²) in [4.78, 5) is 26.2. The number of fused-ring (bicyclic) bond motifs is 1. The van der Waals surface area contributed by atoms with Crippen LogP contribution in [0.2, 0.25) is 0 Å². The summed E-state index contributed by atoms with van der Waals surface area (Å²) in [5, 5.41) is 8.86. The van der Waals surface area contributed by atoms with Gasteiger partial charge in [0, 0.05) is 10.9 Å². The molecule has 0 bridgehead atoms. The number of aromatic carboxylic acids is 1. The number of carbonyl (C=O) groups excluding carboxylic acids is 1. The van der Waals surface area contributed by atoms with E-state index in [9.17, 15) is 18.0 Å². The van der Waals surface area contributed by atoms with Crippen LogP contribution in [0.3, 0.4) is 0 Å². The normalized spacial score (nSPS) is 16.9. The Hall–Kier alpha value is -1.69. The third kappa shape index (κ3) is 3.85. The molecule has 1 aliphatic rings. The zero-order valence-corrected chi connectivity index (χ0v) is 16.8. The fourth-order valence-corrected chi connectivity index (χ4v) is 5.57. The molecule has 1 atom stereocenters. The van der Waals surface area contributed by atoms with Crippen LogP contribution < -0.4 is 10.3 Å². The van der Waals surface area contributed by atoms with Crippen molar-refractivity contribution < 1.29 is 27.5 Å². The number of thiophene rings is 1. The standard InChI is InChI=1S/C15H15BrN2O6S2/c1-7-2-3-10-8(4-7)5-11(25-10)14(19)17-18-26(22,23)12-6-9(15(20)21)24-13(12)16/h5-7,18H,2-4H2,1H3,(H,17,19)(H,20,21)/t7-/m1/s1. The predicted octanol–water partition coefficient (Wildman–Crippen LogP) is 2.55. The monoisotopic (exact) mass is 462 g/mol. The first-order valence-corrected chi connectivity index (χ1v) is 10.7. The fraction of sp³-hybridized carbons (Fsp3) is 0.333. The van der Waals surface area contributed by atoms with Crippen LogP contribution in [0.5, 0.6) is 0 Å². The Morgan fingerprint density at radius 3 is 2.77 bits per heavy atom. The molecule has 2 heterocycles. The van der Waals surface area contributed by atoms with Crippen LogP contribution in [0.25, 0.3) is 0 Å². The molecule has 0 saturated heterocycles. The van der Waals surface area contributed by atoms with E-state index in [-0.39, 0.29) is 4.67 Å². The molecule has 3 N–H and O–H groups in total. The molecular weight excluding hydrogens is 448 g/mol. The van der Waals surface area contributed by atoms with Gasteiger partial charge < -0.3 is 9.52 Å². The number of hydrogen-bond donors (Lipinski definition) is 3. The second-order valence-corrected chi connectivity index (χ2v) is 9.53. The lowest BCUT2D eigenvalue weighted by molar-refractivity contribution is 0.0660. The van der Waals surface area contributed by atoms with E-state index in [1.54, 1.807) is 6.07 Å². The van der Waals surface area contributed by atoms with E-state index in [0.717, 1.165) is 35.8 Å². The van der Waals surface area contributed by atoms with Gasteiger partial charge in [0.1, 0.15) is 4.90 Å². The Kier molecular flexibility index (Phi) is 5.24. The molecule has 0 radical (unpaired) electrons. The number of carboxylic acid groups (broad SMARTS) is 1. The number of hydrazine groups is 1. The highest BCUT2D eigenvalue weighted by atomic mass is 79.9. The number of rotatable bonds is 5. The number of hydrogen-bond acceptors (Lipinski definition) is 6. The molecule has 0 aromatic carbocycles. The third-order valence-electron chi connectivity index (χ3n) is 4.01. The fourth-order valence-electron chi connectivity index (χ4n) is 2.69. The number of halogens is 1. The number of aryl methyl sites for hydroxylation is 1. The highest BCUT2D eigenvalue weighted by molar-refractivity contribution is 9.10. The predicted molar refractivity (Wildman–Crippen MR) is 96.7 cm³/mol. The minimum absolute atomic E-state index is 0.266. The van der Waals surface area contributed by atoms with Gasteiger partial charge in [0.05, 0.1) is 4.88 Å². The van der Waals surface area contributed by atoms with Crippen LogP contribution in [0.15, 0.2) is 26.1 Å². The van der Waals surface area contributed by atoms with Crippen LogP contribution in [0, 0.1) is 5.92 Å². The van der Waals surface area contributed by atoms with E-state index < -0.39 is 32.6 Å². The average Bonchev–Trinajstić information content (AvgIpc) is 3.16. The Bertz CT molecular complexity index is 978. The maximum absolute atomic E-state index is 12.3. The highest BCUT2D eigenvalue weighted by Gasteiger charge is 2.26. The Labute approximate surface area is 161 Å². The van der Waals surface area contributed by atoms with E-state index >= 15 is 0 Å². The summed E-state index contributed by atoms with van der Waals surface area (Å²) in [5.74, 6) is -1.95. The lowest BCUT2D eigenvalue weighted by atomic mass is 9.90. The lowest BCUT2D eigenvalue weighted by Gasteiger charge is -2.16. The van der Waals surface area contributed by atoms with Crippen molar-refractivity contribution in [2.75, 3.05) is 0 Å².